The molecule has 0 unspecified atom stereocenters. The number of likely N-dealkylation sites (N-methyl/N-ethyl adjacent to an activating group) is 1. The van der Waals surface area contributed by atoms with E-state index in [1.807, 2.05) is 0 Å². The van der Waals surface area contributed by atoms with E-state index in [9.17, 15) is 14.7 Å². The molecule has 1 aromatic heterocycles. The summed E-state index contributed by atoms with van der Waals surface area (Å²) >= 11 is 7.25. The zero-order chi connectivity index (χ0) is 15.2. The number of fused-ring (bicyclic) bond motifs is 1. The average Bonchev–Trinajstić information content (AvgIpc) is 3.04. The summed E-state index contributed by atoms with van der Waals surface area (Å²) in [7, 11) is 1.57. The molecule has 4 nitrogen and oxygen atoms in total. The van der Waals surface area contributed by atoms with Crippen molar-refractivity contribution in [2.24, 2.45) is 0 Å². The first-order valence-corrected chi connectivity index (χ1v) is 7.56. The Hall–Kier alpha value is -1.69. The zero-order valence-electron chi connectivity index (χ0n) is 11.2. The largest absolute Gasteiger partial charge is 0.375 e. The van der Waals surface area contributed by atoms with Gasteiger partial charge in [-0.2, -0.15) is 0 Å². The molecule has 0 aliphatic carbocycles. The topological polar surface area (TPSA) is 57.6 Å². The normalized spacial score (nSPS) is 20.7. The Bertz CT molecular complexity index is 729. The summed E-state index contributed by atoms with van der Waals surface area (Å²) in [5, 5.41) is 13.0. The molecule has 0 spiro atoms. The average molecular weight is 322 g/mol. The van der Waals surface area contributed by atoms with E-state index in [0.29, 0.717) is 21.2 Å². The third-order valence-electron chi connectivity index (χ3n) is 3.64. The molecular formula is C15H12ClNO3S. The third kappa shape index (κ3) is 2.18. The lowest BCUT2D eigenvalue weighted by Crippen LogP contribution is -2.40. The van der Waals surface area contributed by atoms with Gasteiger partial charge in [-0.15, -0.1) is 11.3 Å². The molecule has 1 aliphatic heterocycles. The maximum Gasteiger partial charge on any atom is 0.263 e. The molecule has 2 aromatic rings. The number of Topliss-reactive ketones (excluding diaryl/α,β-unsaturated/α-hetero) is 1. The molecule has 1 N–H and O–H groups in total. The molecule has 2 heterocycles. The fourth-order valence-electron chi connectivity index (χ4n) is 2.56. The monoisotopic (exact) mass is 321 g/mol. The SMILES string of the molecule is CN1C(=O)[C@@](O)(CC(=O)c2cccs2)c2cc(Cl)ccc21. The van der Waals surface area contributed by atoms with Gasteiger partial charge in [0.25, 0.3) is 5.91 Å². The molecule has 0 fully saturated rings. The van der Waals surface area contributed by atoms with E-state index in [4.69, 9.17) is 11.6 Å². The van der Waals surface area contributed by atoms with Gasteiger partial charge in [0.15, 0.2) is 11.4 Å². The lowest BCUT2D eigenvalue weighted by molar-refractivity contribution is -0.135. The van der Waals surface area contributed by atoms with Gasteiger partial charge < -0.3 is 10.0 Å². The van der Waals surface area contributed by atoms with Gasteiger partial charge >= 0.3 is 0 Å². The number of hydrogen-bond donors (Lipinski definition) is 1. The van der Waals surface area contributed by atoms with Gasteiger partial charge in [0.1, 0.15) is 0 Å². The maximum atomic E-state index is 12.4. The fourth-order valence-corrected chi connectivity index (χ4v) is 3.40. The summed E-state index contributed by atoms with van der Waals surface area (Å²) in [6, 6.07) is 8.30. The van der Waals surface area contributed by atoms with Crippen LogP contribution in [0.4, 0.5) is 5.69 Å². The van der Waals surface area contributed by atoms with Crippen LogP contribution >= 0.6 is 22.9 Å². The number of amides is 1. The minimum absolute atomic E-state index is 0.262. The standard InChI is InChI=1S/C15H12ClNO3S/c1-17-11-5-4-9(16)7-10(11)15(20,14(17)19)8-12(18)13-3-2-6-21-13/h2-7,20H,8H2,1H3/t15-/m1/s1. The Kier molecular flexibility index (Phi) is 3.36. The molecule has 0 saturated carbocycles. The highest BCUT2D eigenvalue weighted by atomic mass is 35.5. The summed E-state index contributed by atoms with van der Waals surface area (Å²) in [5.41, 5.74) is -0.894. The quantitative estimate of drug-likeness (QED) is 0.884. The first-order valence-electron chi connectivity index (χ1n) is 6.31. The van der Waals surface area contributed by atoms with E-state index in [2.05, 4.69) is 0 Å². The van der Waals surface area contributed by atoms with Crippen LogP contribution in [0.1, 0.15) is 21.7 Å². The summed E-state index contributed by atoms with van der Waals surface area (Å²) in [6.07, 6.45) is -0.288. The summed E-state index contributed by atoms with van der Waals surface area (Å²) in [4.78, 5) is 26.5. The van der Waals surface area contributed by atoms with Crippen molar-refractivity contribution in [1.29, 1.82) is 0 Å². The van der Waals surface area contributed by atoms with Crippen molar-refractivity contribution in [3.8, 4) is 0 Å². The van der Waals surface area contributed by atoms with E-state index in [0.717, 1.165) is 0 Å². The van der Waals surface area contributed by atoms with Gasteiger partial charge in [-0.3, -0.25) is 9.59 Å². The number of aliphatic hydroxyl groups is 1. The van der Waals surface area contributed by atoms with Crippen LogP contribution in [0.2, 0.25) is 5.02 Å². The number of nitrogens with zero attached hydrogens (tertiary/aromatic N) is 1. The molecule has 1 aliphatic rings. The molecule has 108 valence electrons. The van der Waals surface area contributed by atoms with E-state index in [1.54, 1.807) is 42.8 Å². The lowest BCUT2D eigenvalue weighted by Gasteiger charge is -2.20. The molecule has 1 atom stereocenters. The van der Waals surface area contributed by atoms with Crippen LogP contribution in [-0.2, 0) is 10.4 Å². The predicted molar refractivity (Wildman–Crippen MR) is 82.0 cm³/mol. The van der Waals surface area contributed by atoms with Gasteiger partial charge in [0, 0.05) is 17.6 Å². The van der Waals surface area contributed by atoms with Crippen molar-refractivity contribution in [2.45, 2.75) is 12.0 Å². The zero-order valence-corrected chi connectivity index (χ0v) is 12.7. The fraction of sp³-hybridized carbons (Fsp3) is 0.200. The van der Waals surface area contributed by atoms with Gasteiger partial charge in [-0.1, -0.05) is 17.7 Å². The summed E-state index contributed by atoms with van der Waals surface area (Å²) in [5.74, 6) is -0.772. The summed E-state index contributed by atoms with van der Waals surface area (Å²) < 4.78 is 0. The smallest absolute Gasteiger partial charge is 0.263 e. The molecular weight excluding hydrogens is 310 g/mol. The maximum absolute atomic E-state index is 12.4. The Morgan fingerprint density at radius 3 is 2.86 bits per heavy atom. The number of thiophene rings is 1. The second-order valence-electron chi connectivity index (χ2n) is 4.96. The van der Waals surface area contributed by atoms with Gasteiger partial charge in [-0.05, 0) is 29.6 Å². The van der Waals surface area contributed by atoms with Crippen LogP contribution < -0.4 is 4.90 Å². The van der Waals surface area contributed by atoms with Crippen LogP contribution in [-0.4, -0.2) is 23.8 Å². The highest BCUT2D eigenvalue weighted by molar-refractivity contribution is 7.12. The van der Waals surface area contributed by atoms with Crippen LogP contribution in [0, 0.1) is 0 Å². The van der Waals surface area contributed by atoms with Crippen LogP contribution in [0.25, 0.3) is 0 Å². The molecule has 1 amide bonds. The van der Waals surface area contributed by atoms with E-state index in [1.165, 1.54) is 16.2 Å². The first kappa shape index (κ1) is 14.3. The number of ketones is 1. The Balaban J connectivity index is 2.03. The molecule has 0 radical (unpaired) electrons. The van der Waals surface area contributed by atoms with Crippen molar-refractivity contribution in [2.75, 3.05) is 11.9 Å². The number of benzene rings is 1. The van der Waals surface area contributed by atoms with Gasteiger partial charge in [0.2, 0.25) is 0 Å². The highest BCUT2D eigenvalue weighted by Crippen LogP contribution is 2.43. The molecule has 3 rings (SSSR count). The van der Waals surface area contributed by atoms with Crippen molar-refractivity contribution >= 4 is 40.3 Å². The molecule has 0 bridgehead atoms. The van der Waals surface area contributed by atoms with Crippen molar-refractivity contribution in [3.63, 3.8) is 0 Å². The van der Waals surface area contributed by atoms with Crippen molar-refractivity contribution < 1.29 is 14.7 Å². The number of hydrogen-bond acceptors (Lipinski definition) is 4. The van der Waals surface area contributed by atoms with Gasteiger partial charge in [0.05, 0.1) is 17.0 Å². The van der Waals surface area contributed by atoms with Gasteiger partial charge in [-0.25, -0.2) is 0 Å². The van der Waals surface area contributed by atoms with Crippen LogP contribution in [0.3, 0.4) is 0 Å². The predicted octanol–water partition coefficient (Wildman–Crippen LogP) is 2.84. The molecule has 21 heavy (non-hydrogen) atoms. The van der Waals surface area contributed by atoms with Crippen molar-refractivity contribution in [1.82, 2.24) is 0 Å². The highest BCUT2D eigenvalue weighted by Gasteiger charge is 2.49. The number of rotatable bonds is 3. The Morgan fingerprint density at radius 2 is 2.19 bits per heavy atom. The molecule has 0 saturated heterocycles. The second kappa shape index (κ2) is 4.94. The second-order valence-corrected chi connectivity index (χ2v) is 6.35. The lowest BCUT2D eigenvalue weighted by atomic mass is 9.89. The minimum atomic E-state index is -1.85. The molecule has 1 aromatic carbocycles. The van der Waals surface area contributed by atoms with Crippen LogP contribution in [0.5, 0.6) is 0 Å². The Labute approximate surface area is 130 Å². The number of anilines is 1. The van der Waals surface area contributed by atoms with E-state index < -0.39 is 11.5 Å². The van der Waals surface area contributed by atoms with E-state index in [-0.39, 0.29) is 12.2 Å². The molecule has 6 heteroatoms. The van der Waals surface area contributed by atoms with Crippen molar-refractivity contribution in [3.05, 3.63) is 51.2 Å². The minimum Gasteiger partial charge on any atom is -0.375 e. The number of halogens is 1. The Morgan fingerprint density at radius 1 is 1.43 bits per heavy atom. The summed E-state index contributed by atoms with van der Waals surface area (Å²) in [6.45, 7) is 0. The third-order valence-corrected chi connectivity index (χ3v) is 4.78. The number of carbonyl (C=O) groups excluding carboxylic acids is 2. The van der Waals surface area contributed by atoms with Crippen LogP contribution in [0.15, 0.2) is 35.7 Å². The first-order chi connectivity index (χ1) is 9.93. The van der Waals surface area contributed by atoms with E-state index >= 15 is 0 Å². The number of carbonyl (C=O) groups is 2.